The molecule has 90 valence electrons. The van der Waals surface area contributed by atoms with Crippen molar-refractivity contribution in [2.75, 3.05) is 11.9 Å². The summed E-state index contributed by atoms with van der Waals surface area (Å²) >= 11 is 1.72. The van der Waals surface area contributed by atoms with Gasteiger partial charge in [0, 0.05) is 16.9 Å². The van der Waals surface area contributed by atoms with Crippen molar-refractivity contribution in [1.29, 1.82) is 0 Å². The van der Waals surface area contributed by atoms with Gasteiger partial charge in [0.25, 0.3) is 0 Å². The summed E-state index contributed by atoms with van der Waals surface area (Å²) < 4.78 is 1.27. The van der Waals surface area contributed by atoms with E-state index >= 15 is 0 Å². The van der Waals surface area contributed by atoms with E-state index in [2.05, 4.69) is 34.2 Å². The summed E-state index contributed by atoms with van der Waals surface area (Å²) in [6.45, 7) is 4.44. The molecule has 0 aliphatic rings. The number of rotatable bonds is 4. The van der Waals surface area contributed by atoms with Gasteiger partial charge in [0.2, 0.25) is 5.91 Å². The van der Waals surface area contributed by atoms with Crippen LogP contribution in [0.25, 0.3) is 10.1 Å². The minimum absolute atomic E-state index is 0.0258. The van der Waals surface area contributed by atoms with Gasteiger partial charge in [-0.2, -0.15) is 0 Å². The number of benzene rings is 1. The van der Waals surface area contributed by atoms with Crippen LogP contribution in [0.5, 0.6) is 0 Å². The highest BCUT2D eigenvalue weighted by Crippen LogP contribution is 2.24. The number of likely N-dealkylation sites (N-methyl/N-ethyl adjacent to an activating group) is 1. The number of carbonyl (C=O) groups excluding carboxylic acids is 1. The fraction of sp³-hybridized carbons (Fsp3) is 0.308. The molecule has 0 saturated carbocycles. The maximum absolute atomic E-state index is 11.6. The zero-order chi connectivity index (χ0) is 12.3. The van der Waals surface area contributed by atoms with E-state index in [1.807, 2.05) is 19.9 Å². The van der Waals surface area contributed by atoms with Crippen molar-refractivity contribution < 1.29 is 4.79 Å². The molecular formula is C13H16N2OS. The molecule has 2 aromatic rings. The molecule has 17 heavy (non-hydrogen) atoms. The van der Waals surface area contributed by atoms with Gasteiger partial charge in [-0.3, -0.25) is 4.79 Å². The van der Waals surface area contributed by atoms with Gasteiger partial charge < -0.3 is 10.6 Å². The first-order chi connectivity index (χ1) is 8.20. The van der Waals surface area contributed by atoms with Crippen LogP contribution in [-0.4, -0.2) is 18.5 Å². The Morgan fingerprint density at radius 3 is 3.00 bits per heavy atom. The minimum atomic E-state index is -0.217. The van der Waals surface area contributed by atoms with E-state index in [1.54, 1.807) is 11.3 Å². The van der Waals surface area contributed by atoms with Crippen LogP contribution in [-0.2, 0) is 4.79 Å². The van der Waals surface area contributed by atoms with Gasteiger partial charge in [-0.25, -0.2) is 0 Å². The SMILES string of the molecule is CCNC(=O)C(C)Nc1ccc2sccc2c1. The second kappa shape index (κ2) is 5.19. The molecule has 0 radical (unpaired) electrons. The summed E-state index contributed by atoms with van der Waals surface area (Å²) in [5.41, 5.74) is 0.981. The molecule has 1 amide bonds. The van der Waals surface area contributed by atoms with Crippen LogP contribution in [0.3, 0.4) is 0 Å². The third-order valence-corrected chi connectivity index (χ3v) is 3.48. The number of nitrogens with one attached hydrogen (secondary N) is 2. The molecule has 1 atom stereocenters. The Morgan fingerprint density at radius 2 is 2.24 bits per heavy atom. The molecule has 0 bridgehead atoms. The number of fused-ring (bicyclic) bond motifs is 1. The third kappa shape index (κ3) is 2.77. The topological polar surface area (TPSA) is 41.1 Å². The van der Waals surface area contributed by atoms with Crippen molar-refractivity contribution in [3.63, 3.8) is 0 Å². The van der Waals surface area contributed by atoms with E-state index in [0.717, 1.165) is 5.69 Å². The Kier molecular flexibility index (Phi) is 3.64. The number of amides is 1. The van der Waals surface area contributed by atoms with Gasteiger partial charge in [0.05, 0.1) is 0 Å². The highest BCUT2D eigenvalue weighted by molar-refractivity contribution is 7.17. The Morgan fingerprint density at radius 1 is 1.41 bits per heavy atom. The Bertz CT molecular complexity index is 521. The Hall–Kier alpha value is -1.55. The summed E-state index contributed by atoms with van der Waals surface area (Å²) in [6, 6.07) is 8.02. The molecule has 2 rings (SSSR count). The summed E-state index contributed by atoms with van der Waals surface area (Å²) in [7, 11) is 0. The minimum Gasteiger partial charge on any atom is -0.374 e. The van der Waals surface area contributed by atoms with Crippen molar-refractivity contribution in [2.24, 2.45) is 0 Å². The Labute approximate surface area is 105 Å². The van der Waals surface area contributed by atoms with E-state index in [1.165, 1.54) is 10.1 Å². The molecular weight excluding hydrogens is 232 g/mol. The molecule has 0 aliphatic heterocycles. The van der Waals surface area contributed by atoms with E-state index in [9.17, 15) is 4.79 Å². The first-order valence-electron chi connectivity index (χ1n) is 5.72. The van der Waals surface area contributed by atoms with Crippen LogP contribution in [0.15, 0.2) is 29.6 Å². The first-order valence-corrected chi connectivity index (χ1v) is 6.60. The average Bonchev–Trinajstić information content (AvgIpc) is 2.76. The smallest absolute Gasteiger partial charge is 0.242 e. The predicted octanol–water partition coefficient (Wildman–Crippen LogP) is 2.84. The van der Waals surface area contributed by atoms with Crippen molar-refractivity contribution in [2.45, 2.75) is 19.9 Å². The number of thiophene rings is 1. The van der Waals surface area contributed by atoms with Gasteiger partial charge in [0.15, 0.2) is 0 Å². The fourth-order valence-electron chi connectivity index (χ4n) is 1.70. The molecule has 3 nitrogen and oxygen atoms in total. The van der Waals surface area contributed by atoms with Crippen LogP contribution < -0.4 is 10.6 Å². The van der Waals surface area contributed by atoms with E-state index in [-0.39, 0.29) is 11.9 Å². The maximum atomic E-state index is 11.6. The maximum Gasteiger partial charge on any atom is 0.242 e. The van der Waals surface area contributed by atoms with Crippen molar-refractivity contribution in [1.82, 2.24) is 5.32 Å². The van der Waals surface area contributed by atoms with Gasteiger partial charge in [0.1, 0.15) is 6.04 Å². The third-order valence-electron chi connectivity index (χ3n) is 2.58. The molecule has 1 aromatic carbocycles. The molecule has 0 fully saturated rings. The highest BCUT2D eigenvalue weighted by Gasteiger charge is 2.11. The van der Waals surface area contributed by atoms with E-state index < -0.39 is 0 Å². The van der Waals surface area contributed by atoms with Crippen LogP contribution in [0, 0.1) is 0 Å². The quantitative estimate of drug-likeness (QED) is 0.873. The predicted molar refractivity (Wildman–Crippen MR) is 73.6 cm³/mol. The van der Waals surface area contributed by atoms with Crippen molar-refractivity contribution >= 4 is 33.0 Å². The van der Waals surface area contributed by atoms with Gasteiger partial charge >= 0.3 is 0 Å². The normalized spacial score (nSPS) is 12.4. The number of hydrogen-bond donors (Lipinski definition) is 2. The molecule has 1 unspecified atom stereocenters. The summed E-state index contributed by atoms with van der Waals surface area (Å²) in [5.74, 6) is 0.0258. The van der Waals surface area contributed by atoms with E-state index in [4.69, 9.17) is 0 Å². The first kappa shape index (κ1) is 11.9. The zero-order valence-corrected chi connectivity index (χ0v) is 10.8. The monoisotopic (exact) mass is 248 g/mol. The standard InChI is InChI=1S/C13H16N2OS/c1-3-14-13(16)9(2)15-11-4-5-12-10(8-11)6-7-17-12/h4-9,15H,3H2,1-2H3,(H,14,16). The number of anilines is 1. The van der Waals surface area contributed by atoms with Crippen molar-refractivity contribution in [3.8, 4) is 0 Å². The summed E-state index contributed by atoms with van der Waals surface area (Å²) in [4.78, 5) is 11.6. The highest BCUT2D eigenvalue weighted by atomic mass is 32.1. The van der Waals surface area contributed by atoms with Crippen LogP contribution >= 0.6 is 11.3 Å². The molecule has 0 aliphatic carbocycles. The average molecular weight is 248 g/mol. The summed E-state index contributed by atoms with van der Waals surface area (Å²) in [5, 5.41) is 9.28. The second-order valence-electron chi connectivity index (χ2n) is 3.93. The Balaban J connectivity index is 2.09. The zero-order valence-electron chi connectivity index (χ0n) is 9.99. The van der Waals surface area contributed by atoms with Gasteiger partial charge in [-0.1, -0.05) is 0 Å². The number of hydrogen-bond acceptors (Lipinski definition) is 3. The van der Waals surface area contributed by atoms with Gasteiger partial charge in [-0.15, -0.1) is 11.3 Å². The lowest BCUT2D eigenvalue weighted by Crippen LogP contribution is -2.37. The van der Waals surface area contributed by atoms with Crippen molar-refractivity contribution in [3.05, 3.63) is 29.6 Å². The lowest BCUT2D eigenvalue weighted by Gasteiger charge is -2.14. The van der Waals surface area contributed by atoms with Crippen LogP contribution in [0.4, 0.5) is 5.69 Å². The molecule has 2 N–H and O–H groups in total. The molecule has 0 saturated heterocycles. The number of carbonyl (C=O) groups is 1. The second-order valence-corrected chi connectivity index (χ2v) is 4.88. The molecule has 0 spiro atoms. The molecule has 1 heterocycles. The largest absolute Gasteiger partial charge is 0.374 e. The molecule has 4 heteroatoms. The lowest BCUT2D eigenvalue weighted by molar-refractivity contribution is -0.121. The molecule has 1 aromatic heterocycles. The lowest BCUT2D eigenvalue weighted by atomic mass is 10.2. The van der Waals surface area contributed by atoms with Crippen LogP contribution in [0.1, 0.15) is 13.8 Å². The van der Waals surface area contributed by atoms with Gasteiger partial charge in [-0.05, 0) is 48.9 Å². The fourth-order valence-corrected chi connectivity index (χ4v) is 2.47. The summed E-state index contributed by atoms with van der Waals surface area (Å²) in [6.07, 6.45) is 0. The van der Waals surface area contributed by atoms with Crippen LogP contribution in [0.2, 0.25) is 0 Å². The van der Waals surface area contributed by atoms with E-state index in [0.29, 0.717) is 6.54 Å².